The minimum absolute atomic E-state index is 0.0376. The van der Waals surface area contributed by atoms with Crippen LogP contribution >= 0.6 is 11.8 Å². The maximum Gasteiger partial charge on any atom is 0.238 e. The van der Waals surface area contributed by atoms with E-state index in [0.717, 1.165) is 36.5 Å². The number of piperidine rings is 1. The number of hydrogen-bond donors (Lipinski definition) is 2. The van der Waals surface area contributed by atoms with Crippen molar-refractivity contribution in [3.05, 3.63) is 24.3 Å². The Morgan fingerprint density at radius 3 is 3.05 bits per heavy atom. The van der Waals surface area contributed by atoms with Crippen molar-refractivity contribution in [2.24, 2.45) is 5.73 Å². The molecular formula is C14H21N3OS. The van der Waals surface area contributed by atoms with Gasteiger partial charge < -0.3 is 11.1 Å². The smallest absolute Gasteiger partial charge is 0.238 e. The van der Waals surface area contributed by atoms with Crippen LogP contribution in [0.1, 0.15) is 12.8 Å². The third-order valence-electron chi connectivity index (χ3n) is 3.29. The van der Waals surface area contributed by atoms with E-state index in [1.165, 1.54) is 0 Å². The summed E-state index contributed by atoms with van der Waals surface area (Å²) in [6, 6.07) is 8.07. The first-order chi connectivity index (χ1) is 9.19. The Morgan fingerprint density at radius 2 is 2.32 bits per heavy atom. The molecule has 3 N–H and O–H groups in total. The Kier molecular flexibility index (Phi) is 5.24. The molecule has 1 aliphatic rings. The number of hydrogen-bond acceptors (Lipinski definition) is 4. The van der Waals surface area contributed by atoms with Crippen LogP contribution in [0.3, 0.4) is 0 Å². The molecule has 1 aromatic carbocycles. The van der Waals surface area contributed by atoms with Crippen LogP contribution in [-0.4, -0.2) is 42.7 Å². The van der Waals surface area contributed by atoms with Gasteiger partial charge in [-0.05, 0) is 37.8 Å². The van der Waals surface area contributed by atoms with Gasteiger partial charge >= 0.3 is 0 Å². The number of nitrogens with one attached hydrogen (secondary N) is 1. The molecule has 1 atom stereocenters. The molecule has 0 radical (unpaired) electrons. The average Bonchev–Trinajstić information content (AvgIpc) is 2.39. The van der Waals surface area contributed by atoms with Crippen molar-refractivity contribution in [2.75, 3.05) is 31.2 Å². The molecule has 19 heavy (non-hydrogen) atoms. The topological polar surface area (TPSA) is 58.4 Å². The van der Waals surface area contributed by atoms with Crippen molar-refractivity contribution >= 4 is 23.4 Å². The zero-order valence-electron chi connectivity index (χ0n) is 11.3. The van der Waals surface area contributed by atoms with Crippen molar-refractivity contribution in [1.29, 1.82) is 0 Å². The molecule has 1 fully saturated rings. The van der Waals surface area contributed by atoms with Gasteiger partial charge in [0.25, 0.3) is 0 Å². The van der Waals surface area contributed by atoms with Crippen molar-refractivity contribution in [3.8, 4) is 0 Å². The normalized spacial score (nSPS) is 20.2. The van der Waals surface area contributed by atoms with Gasteiger partial charge in [-0.3, -0.25) is 9.69 Å². The van der Waals surface area contributed by atoms with Crippen LogP contribution in [0, 0.1) is 0 Å². The Morgan fingerprint density at radius 1 is 1.53 bits per heavy atom. The second-order valence-electron chi connectivity index (χ2n) is 4.89. The van der Waals surface area contributed by atoms with Gasteiger partial charge in [0.05, 0.1) is 12.2 Å². The van der Waals surface area contributed by atoms with Gasteiger partial charge in [0.1, 0.15) is 0 Å². The predicted octanol–water partition coefficient (Wildman–Crippen LogP) is 1.77. The Hall–Kier alpha value is -1.04. The molecule has 1 aliphatic heterocycles. The third-order valence-corrected chi connectivity index (χ3v) is 4.09. The van der Waals surface area contributed by atoms with E-state index in [0.29, 0.717) is 6.54 Å². The molecule has 1 aromatic rings. The van der Waals surface area contributed by atoms with Crippen molar-refractivity contribution < 1.29 is 4.79 Å². The number of nitrogens with zero attached hydrogens (tertiary/aromatic N) is 1. The summed E-state index contributed by atoms with van der Waals surface area (Å²) >= 11 is 1.64. The van der Waals surface area contributed by atoms with Crippen LogP contribution in [0.4, 0.5) is 5.69 Å². The molecule has 0 aromatic heterocycles. The van der Waals surface area contributed by atoms with Crippen LogP contribution in [0.5, 0.6) is 0 Å². The van der Waals surface area contributed by atoms with Crippen molar-refractivity contribution in [3.63, 3.8) is 0 Å². The second-order valence-corrected chi connectivity index (χ2v) is 5.73. The zero-order valence-corrected chi connectivity index (χ0v) is 12.1. The number of anilines is 1. The molecule has 1 heterocycles. The number of likely N-dealkylation sites (tertiary alicyclic amines) is 1. The van der Waals surface area contributed by atoms with Gasteiger partial charge in [0, 0.05) is 17.5 Å². The summed E-state index contributed by atoms with van der Waals surface area (Å²) in [6.45, 7) is 2.21. The third kappa shape index (κ3) is 4.23. The van der Waals surface area contributed by atoms with E-state index >= 15 is 0 Å². The highest BCUT2D eigenvalue weighted by atomic mass is 32.2. The lowest BCUT2D eigenvalue weighted by Gasteiger charge is -2.30. The van der Waals surface area contributed by atoms with Crippen LogP contribution < -0.4 is 11.1 Å². The SMILES string of the molecule is CSc1ccccc1NC(=O)CN1CCCC(N)C1. The summed E-state index contributed by atoms with van der Waals surface area (Å²) in [5.74, 6) is 0.0376. The summed E-state index contributed by atoms with van der Waals surface area (Å²) in [4.78, 5) is 15.3. The lowest BCUT2D eigenvalue weighted by molar-refractivity contribution is -0.117. The second kappa shape index (κ2) is 6.93. The first-order valence-electron chi connectivity index (χ1n) is 6.60. The summed E-state index contributed by atoms with van der Waals surface area (Å²) < 4.78 is 0. The van der Waals surface area contributed by atoms with Crippen LogP contribution in [0.25, 0.3) is 0 Å². The highest BCUT2D eigenvalue weighted by Gasteiger charge is 2.19. The molecule has 5 heteroatoms. The van der Waals surface area contributed by atoms with E-state index in [4.69, 9.17) is 5.73 Å². The Balaban J connectivity index is 1.90. The number of benzene rings is 1. The molecule has 0 saturated carbocycles. The number of para-hydroxylation sites is 1. The lowest BCUT2D eigenvalue weighted by Crippen LogP contribution is -2.45. The average molecular weight is 279 g/mol. The molecule has 0 aliphatic carbocycles. The van der Waals surface area contributed by atoms with E-state index in [1.54, 1.807) is 11.8 Å². The minimum atomic E-state index is 0.0376. The molecule has 4 nitrogen and oxygen atoms in total. The van der Waals surface area contributed by atoms with Crippen molar-refractivity contribution in [2.45, 2.75) is 23.8 Å². The van der Waals surface area contributed by atoms with E-state index in [2.05, 4.69) is 10.2 Å². The highest BCUT2D eigenvalue weighted by molar-refractivity contribution is 7.98. The first-order valence-corrected chi connectivity index (χ1v) is 7.82. The van der Waals surface area contributed by atoms with Gasteiger partial charge in [-0.25, -0.2) is 0 Å². The van der Waals surface area contributed by atoms with E-state index in [-0.39, 0.29) is 11.9 Å². The lowest BCUT2D eigenvalue weighted by atomic mass is 10.1. The number of rotatable bonds is 4. The molecule has 2 rings (SSSR count). The predicted molar refractivity (Wildman–Crippen MR) is 80.5 cm³/mol. The van der Waals surface area contributed by atoms with Crippen LogP contribution in [-0.2, 0) is 4.79 Å². The monoisotopic (exact) mass is 279 g/mol. The molecule has 0 spiro atoms. The van der Waals surface area contributed by atoms with Crippen molar-refractivity contribution in [1.82, 2.24) is 4.90 Å². The van der Waals surface area contributed by atoms with Crippen LogP contribution in [0.15, 0.2) is 29.2 Å². The van der Waals surface area contributed by atoms with E-state index < -0.39 is 0 Å². The maximum absolute atomic E-state index is 12.1. The molecule has 1 amide bonds. The number of nitrogens with two attached hydrogens (primary N) is 1. The van der Waals surface area contributed by atoms with Gasteiger partial charge in [0.2, 0.25) is 5.91 Å². The highest BCUT2D eigenvalue weighted by Crippen LogP contribution is 2.24. The van der Waals surface area contributed by atoms with Gasteiger partial charge in [-0.15, -0.1) is 11.8 Å². The summed E-state index contributed by atoms with van der Waals surface area (Å²) in [7, 11) is 0. The maximum atomic E-state index is 12.1. The summed E-state index contributed by atoms with van der Waals surface area (Å²) in [6.07, 6.45) is 4.15. The largest absolute Gasteiger partial charge is 0.327 e. The van der Waals surface area contributed by atoms with Gasteiger partial charge in [0.15, 0.2) is 0 Å². The molecule has 0 bridgehead atoms. The number of thioether (sulfide) groups is 1. The summed E-state index contributed by atoms with van der Waals surface area (Å²) in [5.41, 5.74) is 6.81. The standard InChI is InChI=1S/C14H21N3OS/c1-19-13-7-3-2-6-12(13)16-14(18)10-17-8-4-5-11(15)9-17/h2-3,6-7,11H,4-5,8-10,15H2,1H3,(H,16,18). The molecule has 1 unspecified atom stereocenters. The molecule has 104 valence electrons. The first kappa shape index (κ1) is 14.4. The van der Waals surface area contributed by atoms with Gasteiger partial charge in [-0.1, -0.05) is 12.1 Å². The fourth-order valence-electron chi connectivity index (χ4n) is 2.38. The van der Waals surface area contributed by atoms with E-state index in [1.807, 2.05) is 30.5 Å². The van der Waals surface area contributed by atoms with E-state index in [9.17, 15) is 4.79 Å². The molecule has 1 saturated heterocycles. The number of carbonyl (C=O) groups is 1. The number of carbonyl (C=O) groups excluding carboxylic acids is 1. The van der Waals surface area contributed by atoms with Crippen LogP contribution in [0.2, 0.25) is 0 Å². The quantitative estimate of drug-likeness (QED) is 0.825. The molecular weight excluding hydrogens is 258 g/mol. The Bertz CT molecular complexity index is 438. The minimum Gasteiger partial charge on any atom is -0.327 e. The van der Waals surface area contributed by atoms with Gasteiger partial charge in [-0.2, -0.15) is 0 Å². The zero-order chi connectivity index (χ0) is 13.7. The number of amides is 1. The fourth-order valence-corrected chi connectivity index (χ4v) is 2.93. The Labute approximate surface area is 118 Å². The fraction of sp³-hybridized carbons (Fsp3) is 0.500. The summed E-state index contributed by atoms with van der Waals surface area (Å²) in [5, 5.41) is 2.98.